The van der Waals surface area contributed by atoms with Crippen LogP contribution in [0.15, 0.2) is 30.3 Å². The second kappa shape index (κ2) is 7.35. The summed E-state index contributed by atoms with van der Waals surface area (Å²) in [6.45, 7) is 4.08. The van der Waals surface area contributed by atoms with E-state index < -0.39 is 11.9 Å². The number of thioether (sulfide) groups is 1. The molecule has 1 fully saturated rings. The van der Waals surface area contributed by atoms with Crippen LogP contribution in [0.1, 0.15) is 19.4 Å². The Bertz CT molecular complexity index is 494. The van der Waals surface area contributed by atoms with Gasteiger partial charge in [0.1, 0.15) is 6.10 Å². The van der Waals surface area contributed by atoms with Crippen molar-refractivity contribution in [1.82, 2.24) is 5.32 Å². The minimum Gasteiger partial charge on any atom is -0.465 e. The topological polar surface area (TPSA) is 67.8 Å². The van der Waals surface area contributed by atoms with Crippen LogP contribution in [0, 0.1) is 0 Å². The summed E-state index contributed by atoms with van der Waals surface area (Å²) in [5.74, 6) is -0.668. The number of rotatable bonds is 6. The standard InChI is InChI=1S/C16H23NO4S/c1-16(2)20-10-12(21-16)14(17-15(18)19)13(22-3)9-11-7-5-4-6-8-11/h4-8,12-14,17H,9-10H2,1-3H3,(H,18,19)/t12-,13-,14?/m1/s1. The average Bonchev–Trinajstić information content (AvgIpc) is 2.83. The van der Waals surface area contributed by atoms with E-state index in [0.717, 1.165) is 6.42 Å². The van der Waals surface area contributed by atoms with Gasteiger partial charge in [-0.3, -0.25) is 0 Å². The number of carbonyl (C=O) groups is 1. The molecule has 0 aliphatic carbocycles. The summed E-state index contributed by atoms with van der Waals surface area (Å²) >= 11 is 1.64. The summed E-state index contributed by atoms with van der Waals surface area (Å²) in [6.07, 6.45) is 1.44. The molecular formula is C16H23NO4S. The Kier molecular flexibility index (Phi) is 5.72. The van der Waals surface area contributed by atoms with Gasteiger partial charge in [0, 0.05) is 5.25 Å². The number of amides is 1. The first-order valence-electron chi connectivity index (χ1n) is 7.29. The fourth-order valence-electron chi connectivity index (χ4n) is 2.66. The van der Waals surface area contributed by atoms with Crippen LogP contribution in [-0.4, -0.2) is 47.2 Å². The van der Waals surface area contributed by atoms with E-state index >= 15 is 0 Å². The van der Waals surface area contributed by atoms with Crippen molar-refractivity contribution in [2.24, 2.45) is 0 Å². The highest BCUT2D eigenvalue weighted by molar-refractivity contribution is 7.99. The number of hydrogen-bond donors (Lipinski definition) is 2. The Hall–Kier alpha value is -1.24. The summed E-state index contributed by atoms with van der Waals surface area (Å²) in [6, 6.07) is 9.74. The van der Waals surface area contributed by atoms with Crippen molar-refractivity contribution in [3.8, 4) is 0 Å². The van der Waals surface area contributed by atoms with Gasteiger partial charge in [-0.2, -0.15) is 11.8 Å². The van der Waals surface area contributed by atoms with Crippen molar-refractivity contribution >= 4 is 17.9 Å². The zero-order valence-corrected chi connectivity index (χ0v) is 13.9. The normalized spacial score (nSPS) is 23.0. The maximum absolute atomic E-state index is 11.2. The predicted octanol–water partition coefficient (Wildman–Crippen LogP) is 2.75. The molecule has 1 aliphatic heterocycles. The van der Waals surface area contributed by atoms with Crippen LogP contribution >= 0.6 is 11.8 Å². The fraction of sp³-hybridized carbons (Fsp3) is 0.562. The Balaban J connectivity index is 2.13. The smallest absolute Gasteiger partial charge is 0.405 e. The van der Waals surface area contributed by atoms with Crippen LogP contribution in [0.25, 0.3) is 0 Å². The van der Waals surface area contributed by atoms with Crippen molar-refractivity contribution in [2.45, 2.75) is 43.5 Å². The van der Waals surface area contributed by atoms with E-state index in [2.05, 4.69) is 17.4 Å². The molecule has 0 aromatic heterocycles. The Morgan fingerprint density at radius 1 is 1.45 bits per heavy atom. The fourth-order valence-corrected chi connectivity index (χ4v) is 3.56. The first kappa shape index (κ1) is 17.1. The minimum absolute atomic E-state index is 0.0704. The van der Waals surface area contributed by atoms with E-state index in [0.29, 0.717) is 6.61 Å². The Labute approximate surface area is 135 Å². The lowest BCUT2D eigenvalue weighted by atomic mass is 10.0. The minimum atomic E-state index is -1.04. The maximum atomic E-state index is 11.2. The molecular weight excluding hydrogens is 302 g/mol. The number of carboxylic acid groups (broad SMARTS) is 1. The molecule has 122 valence electrons. The Morgan fingerprint density at radius 2 is 2.14 bits per heavy atom. The molecule has 0 spiro atoms. The highest BCUT2D eigenvalue weighted by Crippen LogP contribution is 2.29. The summed E-state index contributed by atoms with van der Waals surface area (Å²) < 4.78 is 11.5. The van der Waals surface area contributed by atoms with Crippen molar-refractivity contribution in [3.63, 3.8) is 0 Å². The van der Waals surface area contributed by atoms with Crippen LogP contribution in [0.5, 0.6) is 0 Å². The largest absolute Gasteiger partial charge is 0.465 e. The first-order valence-corrected chi connectivity index (χ1v) is 8.58. The maximum Gasteiger partial charge on any atom is 0.405 e. The van der Waals surface area contributed by atoms with Gasteiger partial charge in [0.25, 0.3) is 0 Å². The summed E-state index contributed by atoms with van der Waals surface area (Å²) in [5, 5.41) is 11.9. The molecule has 1 unspecified atom stereocenters. The number of ether oxygens (including phenoxy) is 2. The Morgan fingerprint density at radius 3 is 2.64 bits per heavy atom. The molecule has 1 amide bonds. The van der Waals surface area contributed by atoms with Gasteiger partial charge in [-0.25, -0.2) is 4.79 Å². The van der Waals surface area contributed by atoms with Crippen LogP contribution in [-0.2, 0) is 15.9 Å². The lowest BCUT2D eigenvalue weighted by Crippen LogP contribution is -2.51. The van der Waals surface area contributed by atoms with E-state index in [9.17, 15) is 4.79 Å². The van der Waals surface area contributed by atoms with Gasteiger partial charge in [0.05, 0.1) is 12.6 Å². The van der Waals surface area contributed by atoms with Gasteiger partial charge in [0.2, 0.25) is 0 Å². The number of nitrogens with one attached hydrogen (secondary N) is 1. The molecule has 0 bridgehead atoms. The van der Waals surface area contributed by atoms with Crippen molar-refractivity contribution in [1.29, 1.82) is 0 Å². The zero-order valence-electron chi connectivity index (χ0n) is 13.1. The van der Waals surface area contributed by atoms with E-state index in [-0.39, 0.29) is 17.4 Å². The quantitative estimate of drug-likeness (QED) is 0.842. The van der Waals surface area contributed by atoms with Gasteiger partial charge < -0.3 is 19.9 Å². The van der Waals surface area contributed by atoms with Crippen LogP contribution in [0.3, 0.4) is 0 Å². The zero-order chi connectivity index (χ0) is 16.2. The molecule has 1 aromatic rings. The number of benzene rings is 1. The third-order valence-corrected chi connectivity index (χ3v) is 4.77. The van der Waals surface area contributed by atoms with Crippen LogP contribution in [0.2, 0.25) is 0 Å². The molecule has 3 atom stereocenters. The molecule has 1 heterocycles. The van der Waals surface area contributed by atoms with Crippen molar-refractivity contribution < 1.29 is 19.4 Å². The van der Waals surface area contributed by atoms with Gasteiger partial charge in [-0.1, -0.05) is 30.3 Å². The second-order valence-corrected chi connectivity index (χ2v) is 6.88. The summed E-state index contributed by atoms with van der Waals surface area (Å²) in [5.41, 5.74) is 1.18. The van der Waals surface area contributed by atoms with Crippen molar-refractivity contribution in [3.05, 3.63) is 35.9 Å². The average molecular weight is 325 g/mol. The molecule has 1 saturated heterocycles. The molecule has 2 rings (SSSR count). The van der Waals surface area contributed by atoms with Gasteiger partial charge in [-0.05, 0) is 32.1 Å². The van der Waals surface area contributed by atoms with E-state index in [1.807, 2.05) is 38.3 Å². The van der Waals surface area contributed by atoms with Crippen molar-refractivity contribution in [2.75, 3.05) is 12.9 Å². The lowest BCUT2D eigenvalue weighted by Gasteiger charge is -2.30. The molecule has 22 heavy (non-hydrogen) atoms. The molecule has 0 radical (unpaired) electrons. The predicted molar refractivity (Wildman–Crippen MR) is 87.3 cm³/mol. The number of hydrogen-bond acceptors (Lipinski definition) is 4. The lowest BCUT2D eigenvalue weighted by molar-refractivity contribution is -0.141. The highest BCUT2D eigenvalue weighted by atomic mass is 32.2. The second-order valence-electron chi connectivity index (χ2n) is 5.81. The van der Waals surface area contributed by atoms with E-state index in [1.165, 1.54) is 5.56 Å². The molecule has 0 saturated carbocycles. The van der Waals surface area contributed by atoms with E-state index in [1.54, 1.807) is 11.8 Å². The van der Waals surface area contributed by atoms with Gasteiger partial charge >= 0.3 is 6.09 Å². The summed E-state index contributed by atoms with van der Waals surface area (Å²) in [7, 11) is 0. The highest BCUT2D eigenvalue weighted by Gasteiger charge is 2.41. The molecule has 1 aromatic carbocycles. The third-order valence-electron chi connectivity index (χ3n) is 3.70. The molecule has 6 heteroatoms. The van der Waals surface area contributed by atoms with Gasteiger partial charge in [0.15, 0.2) is 5.79 Å². The molecule has 1 aliphatic rings. The van der Waals surface area contributed by atoms with Gasteiger partial charge in [-0.15, -0.1) is 0 Å². The van der Waals surface area contributed by atoms with Crippen LogP contribution < -0.4 is 5.32 Å². The third kappa shape index (κ3) is 4.63. The van der Waals surface area contributed by atoms with Crippen LogP contribution in [0.4, 0.5) is 4.79 Å². The van der Waals surface area contributed by atoms with E-state index in [4.69, 9.17) is 14.6 Å². The molecule has 5 nitrogen and oxygen atoms in total. The summed E-state index contributed by atoms with van der Waals surface area (Å²) in [4.78, 5) is 11.2. The molecule has 2 N–H and O–H groups in total. The monoisotopic (exact) mass is 325 g/mol. The SMILES string of the molecule is CS[C@H](Cc1ccccc1)C(NC(=O)O)[C@H]1COC(C)(C)O1. The first-order chi connectivity index (χ1) is 10.4.